The number of para-hydroxylation sites is 2. The van der Waals surface area contributed by atoms with Crippen molar-refractivity contribution in [2.24, 2.45) is 9.98 Å². The minimum absolute atomic E-state index is 0.290. The third-order valence-corrected chi connectivity index (χ3v) is 14.2. The Morgan fingerprint density at radius 3 is 2.05 bits per heavy atom. The zero-order chi connectivity index (χ0) is 37.5. The van der Waals surface area contributed by atoms with Crippen LogP contribution in [0.15, 0.2) is 197 Å². The number of nitrogens with one attached hydrogen (secondary N) is 1. The number of aliphatic imine (C=N–C) groups is 2. The number of aromatic nitrogens is 1. The van der Waals surface area contributed by atoms with Crippen molar-refractivity contribution in [1.29, 1.82) is 0 Å². The lowest BCUT2D eigenvalue weighted by molar-refractivity contribution is 0.680. The topological polar surface area (TPSA) is 41.7 Å². The Labute approximate surface area is 338 Å². The summed E-state index contributed by atoms with van der Waals surface area (Å²) in [5.74, 6) is 1.89. The van der Waals surface area contributed by atoms with E-state index < -0.39 is 0 Å². The van der Waals surface area contributed by atoms with Crippen LogP contribution < -0.4 is 5.32 Å². The summed E-state index contributed by atoms with van der Waals surface area (Å²) >= 11 is 3.86. The van der Waals surface area contributed by atoms with Crippen molar-refractivity contribution in [2.45, 2.75) is 22.2 Å². The Morgan fingerprint density at radius 1 is 0.561 bits per heavy atom. The van der Waals surface area contributed by atoms with E-state index in [0.717, 1.165) is 28.4 Å². The molecule has 9 aromatic rings. The highest BCUT2D eigenvalue weighted by Crippen LogP contribution is 2.53. The second-order valence-electron chi connectivity index (χ2n) is 14.9. The summed E-state index contributed by atoms with van der Waals surface area (Å²) in [4.78, 5) is 11.6. The molecule has 0 bridgehead atoms. The molecule has 0 amide bonds. The SMILES string of the molecule is C1=CC2c3ccc(-c4ccc5c(c4)sc4cccc(C6N=C(c7ccccc7)N=C(c7ccccc7)N6)c45)cc3SC2C(n2c3ccccc3c3ccccc32)=C1. The Hall–Kier alpha value is -6.47. The van der Waals surface area contributed by atoms with Crippen LogP contribution in [0.25, 0.3) is 58.8 Å². The van der Waals surface area contributed by atoms with E-state index in [2.05, 4.69) is 168 Å². The zero-order valence-electron chi connectivity index (χ0n) is 30.7. The van der Waals surface area contributed by atoms with Gasteiger partial charge in [0.05, 0.1) is 16.3 Å². The number of thioether (sulfide) groups is 1. The van der Waals surface area contributed by atoms with Crippen LogP contribution in [0.5, 0.6) is 0 Å². The van der Waals surface area contributed by atoms with E-state index >= 15 is 0 Å². The van der Waals surface area contributed by atoms with Gasteiger partial charge in [-0.2, -0.15) is 0 Å². The molecule has 0 saturated heterocycles. The molecule has 7 aromatic carbocycles. The van der Waals surface area contributed by atoms with Crippen molar-refractivity contribution in [2.75, 3.05) is 0 Å². The van der Waals surface area contributed by atoms with Gasteiger partial charge in [-0.25, -0.2) is 9.98 Å². The number of amidine groups is 2. The molecule has 2 aliphatic heterocycles. The number of thiophene rings is 1. The van der Waals surface area contributed by atoms with Gasteiger partial charge in [0.1, 0.15) is 12.0 Å². The summed E-state index contributed by atoms with van der Waals surface area (Å²) in [6.07, 6.45) is 6.69. The normalized spacial score (nSPS) is 18.7. The molecule has 3 unspecified atom stereocenters. The molecule has 0 fully saturated rings. The number of hydrogen-bond acceptors (Lipinski definition) is 5. The van der Waals surface area contributed by atoms with Crippen molar-refractivity contribution in [3.05, 3.63) is 204 Å². The van der Waals surface area contributed by atoms with Crippen LogP contribution in [0.2, 0.25) is 0 Å². The molecule has 4 nitrogen and oxygen atoms in total. The van der Waals surface area contributed by atoms with Gasteiger partial charge in [-0.3, -0.25) is 0 Å². The molecule has 0 radical (unpaired) electrons. The van der Waals surface area contributed by atoms with E-state index in [1.54, 1.807) is 0 Å². The van der Waals surface area contributed by atoms with Gasteiger partial charge < -0.3 is 9.88 Å². The average molecular weight is 767 g/mol. The number of nitrogens with zero attached hydrogens (tertiary/aromatic N) is 3. The van der Waals surface area contributed by atoms with Crippen molar-refractivity contribution in [1.82, 2.24) is 9.88 Å². The summed E-state index contributed by atoms with van der Waals surface area (Å²) in [5.41, 5.74) is 11.0. The molecule has 12 rings (SSSR count). The molecule has 3 atom stereocenters. The molecule has 1 aliphatic carbocycles. The highest BCUT2D eigenvalue weighted by Gasteiger charge is 2.37. The minimum atomic E-state index is -0.290. The van der Waals surface area contributed by atoms with E-state index in [0.29, 0.717) is 11.2 Å². The molecular weight excluding hydrogens is 733 g/mol. The fourth-order valence-corrected chi connectivity index (χ4v) is 11.7. The van der Waals surface area contributed by atoms with Crippen LogP contribution in [0.3, 0.4) is 0 Å². The predicted octanol–water partition coefficient (Wildman–Crippen LogP) is 13.0. The molecule has 2 aromatic heterocycles. The summed E-state index contributed by atoms with van der Waals surface area (Å²) in [7, 11) is 0. The summed E-state index contributed by atoms with van der Waals surface area (Å²) < 4.78 is 5.03. The fourth-order valence-electron chi connectivity index (χ4n) is 9.01. The lowest BCUT2D eigenvalue weighted by Gasteiger charge is -2.25. The highest BCUT2D eigenvalue weighted by molar-refractivity contribution is 8.00. The molecule has 1 N–H and O–H groups in total. The predicted molar refractivity (Wildman–Crippen MR) is 242 cm³/mol. The summed E-state index contributed by atoms with van der Waals surface area (Å²) in [5, 5.41) is 9.10. The van der Waals surface area contributed by atoms with Gasteiger partial charge in [-0.05, 0) is 53.1 Å². The zero-order valence-corrected chi connectivity index (χ0v) is 32.3. The molecule has 6 heteroatoms. The monoisotopic (exact) mass is 766 g/mol. The molecule has 57 heavy (non-hydrogen) atoms. The molecule has 0 saturated carbocycles. The van der Waals surface area contributed by atoms with E-state index in [1.807, 2.05) is 47.4 Å². The number of allylic oxidation sites excluding steroid dienone is 3. The maximum Gasteiger partial charge on any atom is 0.159 e. The standard InChI is InChI=1S/C51H34N4S2/c1-3-13-31(14-4-1)49-52-50(32-15-5-2-6-16-32)54-51(53-49)40-20-12-24-44-47(40)39-28-26-34(30-46(39)56-44)33-25-27-37-38-19-11-23-43(48(38)57-45(37)29-33)55-41-21-9-7-17-35(41)36-18-8-10-22-42(36)55/h1-30,38,48,51H,(H,52,53,54). The van der Waals surface area contributed by atoms with Crippen LogP contribution >= 0.6 is 23.1 Å². The number of hydrogen-bond donors (Lipinski definition) is 1. The van der Waals surface area contributed by atoms with Crippen molar-refractivity contribution in [3.8, 4) is 11.1 Å². The van der Waals surface area contributed by atoms with E-state index in [-0.39, 0.29) is 6.17 Å². The van der Waals surface area contributed by atoms with Crippen LogP contribution in [0, 0.1) is 0 Å². The van der Waals surface area contributed by atoms with E-state index in [1.165, 1.54) is 69.3 Å². The smallest absolute Gasteiger partial charge is 0.159 e. The highest BCUT2D eigenvalue weighted by atomic mass is 32.2. The van der Waals surface area contributed by atoms with Crippen LogP contribution in [-0.4, -0.2) is 21.5 Å². The van der Waals surface area contributed by atoms with Crippen molar-refractivity contribution in [3.63, 3.8) is 0 Å². The molecule has 270 valence electrons. The van der Waals surface area contributed by atoms with E-state index in [4.69, 9.17) is 9.98 Å². The number of benzene rings is 7. The van der Waals surface area contributed by atoms with Gasteiger partial charge in [0.25, 0.3) is 0 Å². The molecule has 0 spiro atoms. The molecule has 4 heterocycles. The maximum absolute atomic E-state index is 5.22. The lowest BCUT2D eigenvalue weighted by Crippen LogP contribution is -2.33. The van der Waals surface area contributed by atoms with Crippen LogP contribution in [-0.2, 0) is 0 Å². The van der Waals surface area contributed by atoms with Gasteiger partial charge >= 0.3 is 0 Å². The van der Waals surface area contributed by atoms with Crippen molar-refractivity contribution >= 4 is 82.4 Å². The number of rotatable bonds is 5. The molecule has 3 aliphatic rings. The third kappa shape index (κ3) is 5.28. The first-order chi connectivity index (χ1) is 28.2. The van der Waals surface area contributed by atoms with Crippen molar-refractivity contribution < 1.29 is 0 Å². The van der Waals surface area contributed by atoms with E-state index in [9.17, 15) is 0 Å². The van der Waals surface area contributed by atoms with Gasteiger partial charge in [-0.1, -0.05) is 146 Å². The maximum atomic E-state index is 5.22. The average Bonchev–Trinajstić information content (AvgIpc) is 3.96. The third-order valence-electron chi connectivity index (χ3n) is 11.6. The molecular formula is C51H34N4S2. The van der Waals surface area contributed by atoms with Gasteiger partial charge in [0, 0.05) is 64.1 Å². The van der Waals surface area contributed by atoms with Crippen LogP contribution in [0.4, 0.5) is 0 Å². The first kappa shape index (κ1) is 32.7. The van der Waals surface area contributed by atoms with Crippen LogP contribution in [0.1, 0.15) is 34.3 Å². The Balaban J connectivity index is 0.901. The first-order valence-electron chi connectivity index (χ1n) is 19.4. The Morgan fingerprint density at radius 2 is 1.26 bits per heavy atom. The quantitative estimate of drug-likeness (QED) is 0.190. The largest absolute Gasteiger partial charge is 0.344 e. The van der Waals surface area contributed by atoms with Gasteiger partial charge in [0.15, 0.2) is 5.84 Å². The fraction of sp³-hybridized carbons (Fsp3) is 0.0588. The van der Waals surface area contributed by atoms with Gasteiger partial charge in [0.2, 0.25) is 0 Å². The number of fused-ring (bicyclic) bond motifs is 9. The summed E-state index contributed by atoms with van der Waals surface area (Å²) in [6.45, 7) is 0. The Kier molecular flexibility index (Phi) is 7.50. The Bertz CT molecular complexity index is 3150. The van der Waals surface area contributed by atoms with Gasteiger partial charge in [-0.15, -0.1) is 23.1 Å². The second kappa shape index (κ2) is 13.1. The second-order valence-corrected chi connectivity index (χ2v) is 17.2. The minimum Gasteiger partial charge on any atom is -0.344 e. The lowest BCUT2D eigenvalue weighted by atomic mass is 9.89. The first-order valence-corrected chi connectivity index (χ1v) is 21.1. The summed E-state index contributed by atoms with van der Waals surface area (Å²) in [6, 6.07) is 59.0.